The second-order valence-corrected chi connectivity index (χ2v) is 16.8. The molecule has 11 nitrogen and oxygen atoms in total. The lowest BCUT2D eigenvalue weighted by atomic mass is 10.3. The zero-order valence-corrected chi connectivity index (χ0v) is 29.5. The van der Waals surface area contributed by atoms with Crippen molar-refractivity contribution in [3.63, 3.8) is 0 Å². The van der Waals surface area contributed by atoms with Crippen LogP contribution in [0.2, 0.25) is 0 Å². The molecule has 6 aromatic carbocycles. The van der Waals surface area contributed by atoms with Gasteiger partial charge in [0.15, 0.2) is 21.9 Å². The zero-order chi connectivity index (χ0) is 34.9. The SMILES string of the molecule is O=C(O)N1P(Oc2ccccc2)N(Oc2ccccc2)[P+](Oc2ccccc2)(Oc2ccccc2)N=P1(Oc1ccccc1)Oc1ccccc1. The Hall–Kier alpha value is -5.56. The lowest BCUT2D eigenvalue weighted by molar-refractivity contribution is 0.0897. The van der Waals surface area contributed by atoms with Crippen molar-refractivity contribution in [1.82, 2.24) is 9.05 Å². The number of carboxylic acid groups (broad SMARTS) is 1. The van der Waals surface area contributed by atoms with Gasteiger partial charge in [-0.25, -0.2) is 4.79 Å². The molecule has 0 aliphatic carbocycles. The van der Waals surface area contributed by atoms with E-state index < -0.39 is 30.2 Å². The van der Waals surface area contributed by atoms with Crippen LogP contribution in [0.25, 0.3) is 0 Å². The van der Waals surface area contributed by atoms with Crippen molar-refractivity contribution in [2.45, 2.75) is 0 Å². The molecule has 1 N–H and O–H groups in total. The first kappa shape index (κ1) is 33.9. The van der Waals surface area contributed by atoms with Gasteiger partial charge >= 0.3 is 30.2 Å². The number of nitrogens with zero attached hydrogens (tertiary/aromatic N) is 3. The molecule has 0 spiro atoms. The minimum Gasteiger partial charge on any atom is -0.464 e. The predicted octanol–water partition coefficient (Wildman–Crippen LogP) is 11.5. The van der Waals surface area contributed by atoms with Crippen LogP contribution in [0.1, 0.15) is 0 Å². The van der Waals surface area contributed by atoms with Crippen LogP contribution in [0.5, 0.6) is 34.5 Å². The molecule has 0 radical (unpaired) electrons. The molecule has 1 aliphatic rings. The molecule has 1 heterocycles. The minimum absolute atomic E-state index is 0.293. The van der Waals surface area contributed by atoms with Gasteiger partial charge < -0.3 is 23.5 Å². The van der Waals surface area contributed by atoms with Crippen LogP contribution in [-0.4, -0.2) is 20.2 Å². The zero-order valence-electron chi connectivity index (χ0n) is 26.8. The van der Waals surface area contributed by atoms with Gasteiger partial charge in [-0.1, -0.05) is 109 Å². The van der Waals surface area contributed by atoms with Gasteiger partial charge in [0.1, 0.15) is 17.2 Å². The van der Waals surface area contributed by atoms with Gasteiger partial charge in [0.2, 0.25) is 0 Å². The summed E-state index contributed by atoms with van der Waals surface area (Å²) in [7, 11) is -11.1. The number of rotatable bonds is 12. The van der Waals surface area contributed by atoms with Crippen LogP contribution in [-0.2, 0) is 0 Å². The summed E-state index contributed by atoms with van der Waals surface area (Å²) in [6, 6.07) is 53.0. The number of amides is 1. The highest BCUT2D eigenvalue weighted by Gasteiger charge is 2.75. The smallest absolute Gasteiger partial charge is 0.464 e. The van der Waals surface area contributed by atoms with Gasteiger partial charge in [-0.15, -0.1) is 4.44 Å². The van der Waals surface area contributed by atoms with E-state index in [4.69, 9.17) is 32.0 Å². The van der Waals surface area contributed by atoms with Crippen molar-refractivity contribution in [3.8, 4) is 34.5 Å². The third-order valence-electron chi connectivity index (χ3n) is 6.89. The topological polar surface area (TPSA) is 112 Å². The molecule has 0 saturated heterocycles. The van der Waals surface area contributed by atoms with Gasteiger partial charge in [0, 0.05) is 0 Å². The van der Waals surface area contributed by atoms with E-state index in [9.17, 15) is 9.90 Å². The van der Waals surface area contributed by atoms with Crippen molar-refractivity contribution in [3.05, 3.63) is 182 Å². The Morgan fingerprint density at radius 2 is 0.882 bits per heavy atom. The molecule has 0 saturated carbocycles. The number of benzene rings is 6. The summed E-state index contributed by atoms with van der Waals surface area (Å²) >= 11 is 0. The van der Waals surface area contributed by atoms with E-state index in [2.05, 4.69) is 0 Å². The van der Waals surface area contributed by atoms with Gasteiger partial charge in [-0.3, -0.25) is 9.05 Å². The summed E-state index contributed by atoms with van der Waals surface area (Å²) in [5, 5.41) is 11.2. The molecule has 0 aromatic heterocycles. The van der Waals surface area contributed by atoms with E-state index in [1.807, 2.05) is 36.4 Å². The Morgan fingerprint density at radius 3 is 1.27 bits per heavy atom. The first-order chi connectivity index (χ1) is 25.0. The first-order valence-electron chi connectivity index (χ1n) is 15.6. The van der Waals surface area contributed by atoms with Crippen LogP contribution in [0, 0.1) is 0 Å². The fourth-order valence-electron chi connectivity index (χ4n) is 4.71. The summed E-state index contributed by atoms with van der Waals surface area (Å²) < 4.78 is 41.3. The molecule has 256 valence electrons. The number of carbonyl (C=O) groups is 1. The quantitative estimate of drug-likeness (QED) is 0.123. The Balaban J connectivity index is 1.56. The van der Waals surface area contributed by atoms with Crippen molar-refractivity contribution in [1.29, 1.82) is 0 Å². The normalized spacial score (nSPS) is 16.2. The maximum absolute atomic E-state index is 13.8. The van der Waals surface area contributed by atoms with E-state index in [1.54, 1.807) is 146 Å². The molecule has 6 aromatic rings. The van der Waals surface area contributed by atoms with Crippen molar-refractivity contribution in [2.24, 2.45) is 4.52 Å². The van der Waals surface area contributed by atoms with Crippen LogP contribution in [0.4, 0.5) is 4.79 Å². The highest BCUT2D eigenvalue weighted by molar-refractivity contribution is 7.84. The van der Waals surface area contributed by atoms with E-state index in [0.717, 1.165) is 4.44 Å². The third-order valence-corrected chi connectivity index (χ3v) is 15.2. The van der Waals surface area contributed by atoms with Gasteiger partial charge in [-0.2, -0.15) is 0 Å². The molecular weight excluding hydrogens is 707 g/mol. The van der Waals surface area contributed by atoms with E-state index in [1.165, 1.54) is 4.60 Å². The van der Waals surface area contributed by atoms with Gasteiger partial charge in [0.25, 0.3) is 0 Å². The molecule has 7 rings (SSSR count). The Bertz CT molecular complexity index is 1990. The Kier molecular flexibility index (Phi) is 10.3. The highest BCUT2D eigenvalue weighted by Crippen LogP contribution is 2.85. The summed E-state index contributed by atoms with van der Waals surface area (Å²) in [6.45, 7) is 0. The molecule has 1 amide bonds. The molecule has 0 bridgehead atoms. The van der Waals surface area contributed by atoms with E-state index in [-0.39, 0.29) is 0 Å². The predicted molar refractivity (Wildman–Crippen MR) is 197 cm³/mol. The van der Waals surface area contributed by atoms with Crippen molar-refractivity contribution < 1.29 is 37.4 Å². The number of hydrogen-bond donors (Lipinski definition) is 1. The highest BCUT2D eigenvalue weighted by atomic mass is 31.3. The monoisotopic (exact) mass is 738 g/mol. The summed E-state index contributed by atoms with van der Waals surface area (Å²) in [4.78, 5) is 20.4. The maximum Gasteiger partial charge on any atom is 0.624 e. The molecular formula is C37H31N3O8P3+. The minimum atomic E-state index is -4.29. The molecule has 1 aliphatic heterocycles. The van der Waals surface area contributed by atoms with Crippen LogP contribution < -0.4 is 27.5 Å². The average molecular weight is 739 g/mol. The largest absolute Gasteiger partial charge is 0.624 e. The average Bonchev–Trinajstić information content (AvgIpc) is 3.15. The second kappa shape index (κ2) is 15.5. The standard InChI is InChI=1S/C37H30N3O8P3/c41-37(42)39-49(44-32-21-9-2-10-22-32)40(43-31-19-7-1-8-20-31)51(47-35-27-15-5-16-28-35,48-36-29-17-6-18-30-36)38-50(39,45-33-23-11-3-12-24-33)46-34-25-13-4-14-26-34/h1-30H/p+1. The van der Waals surface area contributed by atoms with E-state index in [0.29, 0.717) is 34.5 Å². The fraction of sp³-hybridized carbons (Fsp3) is 0. The lowest BCUT2D eigenvalue weighted by Crippen LogP contribution is -2.42. The summed E-state index contributed by atoms with van der Waals surface area (Å²) in [6.07, 6.45) is -1.44. The molecule has 14 heteroatoms. The number of hydrogen-bond acceptors (Lipinski definition) is 9. The van der Waals surface area contributed by atoms with Crippen molar-refractivity contribution >= 4 is 30.2 Å². The van der Waals surface area contributed by atoms with E-state index >= 15 is 0 Å². The second-order valence-electron chi connectivity index (χ2n) is 10.6. The van der Waals surface area contributed by atoms with Crippen LogP contribution in [0.3, 0.4) is 0 Å². The molecule has 1 atom stereocenters. The summed E-state index contributed by atoms with van der Waals surface area (Å²) in [5.41, 5.74) is 0. The summed E-state index contributed by atoms with van der Waals surface area (Å²) in [5.74, 6) is 2.00. The van der Waals surface area contributed by atoms with Crippen LogP contribution in [0.15, 0.2) is 187 Å². The molecule has 1 unspecified atom stereocenters. The van der Waals surface area contributed by atoms with Crippen LogP contribution >= 0.6 is 24.1 Å². The van der Waals surface area contributed by atoms with Crippen molar-refractivity contribution in [2.75, 3.05) is 0 Å². The fourth-order valence-corrected chi connectivity index (χ4v) is 13.8. The first-order valence-corrected chi connectivity index (χ1v) is 19.9. The Labute approximate surface area is 296 Å². The molecule has 0 fully saturated rings. The lowest BCUT2D eigenvalue weighted by Gasteiger charge is -2.42. The Morgan fingerprint density at radius 1 is 0.529 bits per heavy atom. The maximum atomic E-state index is 13.8. The van der Waals surface area contributed by atoms with Gasteiger partial charge in [-0.05, 0) is 72.8 Å². The third kappa shape index (κ3) is 7.93. The number of para-hydroxylation sites is 6. The van der Waals surface area contributed by atoms with Gasteiger partial charge in [0.05, 0.1) is 4.52 Å². The molecule has 51 heavy (non-hydrogen) atoms.